The first kappa shape index (κ1) is 22.7. The predicted octanol–water partition coefficient (Wildman–Crippen LogP) is 2.57. The largest absolute Gasteiger partial charge is 0.493 e. The lowest BCUT2D eigenvalue weighted by Crippen LogP contribution is -2.35. The number of nitrogens with one attached hydrogen (secondary N) is 2. The van der Waals surface area contributed by atoms with Gasteiger partial charge in [0.15, 0.2) is 18.1 Å². The molecule has 0 unspecified atom stereocenters. The molecule has 8 nitrogen and oxygen atoms in total. The van der Waals surface area contributed by atoms with Gasteiger partial charge in [-0.3, -0.25) is 9.59 Å². The summed E-state index contributed by atoms with van der Waals surface area (Å²) < 4.78 is 15.6. The third-order valence-corrected chi connectivity index (χ3v) is 4.15. The molecule has 0 spiro atoms. The van der Waals surface area contributed by atoms with Gasteiger partial charge in [-0.2, -0.15) is 0 Å². The van der Waals surface area contributed by atoms with Crippen molar-refractivity contribution in [1.29, 1.82) is 0 Å². The van der Waals surface area contributed by atoms with Crippen LogP contribution in [0.4, 0.5) is 5.69 Å². The van der Waals surface area contributed by atoms with Crippen LogP contribution in [0.15, 0.2) is 42.5 Å². The molecule has 0 bridgehead atoms. The number of rotatable bonds is 10. The molecule has 2 N–H and O–H groups in total. The fourth-order valence-electron chi connectivity index (χ4n) is 2.66. The standard InChI is InChI=1S/C22H26N2O6/c1-4-15-8-6-7-9-17(15)24-20(25)13-23-21(26)14-30-22(27)16-10-11-18(28-3)19(12-16)29-5-2/h6-12H,4-5,13-14H2,1-3H3,(H,23,26)(H,24,25). The van der Waals surface area contributed by atoms with Crippen molar-refractivity contribution < 1.29 is 28.6 Å². The summed E-state index contributed by atoms with van der Waals surface area (Å²) in [6, 6.07) is 12.0. The quantitative estimate of drug-likeness (QED) is 0.579. The molecule has 0 aromatic heterocycles. The van der Waals surface area contributed by atoms with Crippen LogP contribution in [0.25, 0.3) is 0 Å². The molecule has 2 aromatic carbocycles. The van der Waals surface area contributed by atoms with Crippen molar-refractivity contribution in [2.75, 3.05) is 32.2 Å². The Bertz CT molecular complexity index is 897. The van der Waals surface area contributed by atoms with E-state index in [4.69, 9.17) is 14.2 Å². The van der Waals surface area contributed by atoms with Gasteiger partial charge in [-0.15, -0.1) is 0 Å². The van der Waals surface area contributed by atoms with Gasteiger partial charge in [0.2, 0.25) is 5.91 Å². The highest BCUT2D eigenvalue weighted by atomic mass is 16.5. The smallest absolute Gasteiger partial charge is 0.338 e. The van der Waals surface area contributed by atoms with Gasteiger partial charge in [-0.05, 0) is 43.2 Å². The van der Waals surface area contributed by atoms with Crippen molar-refractivity contribution in [3.63, 3.8) is 0 Å². The van der Waals surface area contributed by atoms with Crippen LogP contribution < -0.4 is 20.1 Å². The molecule has 0 aliphatic heterocycles. The molecule has 0 saturated carbocycles. The molecule has 0 aliphatic rings. The first-order valence-electron chi connectivity index (χ1n) is 9.60. The van der Waals surface area contributed by atoms with Gasteiger partial charge in [0.05, 0.1) is 25.8 Å². The molecule has 0 atom stereocenters. The number of aryl methyl sites for hydroxylation is 1. The molecule has 0 radical (unpaired) electrons. The number of benzene rings is 2. The Kier molecular flexibility index (Phi) is 8.68. The van der Waals surface area contributed by atoms with Gasteiger partial charge in [-0.25, -0.2) is 4.79 Å². The van der Waals surface area contributed by atoms with E-state index in [1.165, 1.54) is 19.2 Å². The third kappa shape index (κ3) is 6.51. The number of hydrogen-bond acceptors (Lipinski definition) is 6. The van der Waals surface area contributed by atoms with E-state index in [-0.39, 0.29) is 18.0 Å². The zero-order chi connectivity index (χ0) is 21.9. The molecule has 8 heteroatoms. The summed E-state index contributed by atoms with van der Waals surface area (Å²) in [5, 5.41) is 5.17. The Morgan fingerprint density at radius 3 is 2.43 bits per heavy atom. The number of hydrogen-bond donors (Lipinski definition) is 2. The van der Waals surface area contributed by atoms with Crippen LogP contribution >= 0.6 is 0 Å². The van der Waals surface area contributed by atoms with Gasteiger partial charge in [0.1, 0.15) is 0 Å². The second-order valence-electron chi connectivity index (χ2n) is 6.21. The van der Waals surface area contributed by atoms with Gasteiger partial charge >= 0.3 is 5.97 Å². The molecule has 2 amide bonds. The predicted molar refractivity (Wildman–Crippen MR) is 112 cm³/mol. The van der Waals surface area contributed by atoms with E-state index in [1.54, 1.807) is 12.1 Å². The first-order valence-corrected chi connectivity index (χ1v) is 9.60. The normalized spacial score (nSPS) is 10.1. The lowest BCUT2D eigenvalue weighted by Gasteiger charge is -2.11. The Morgan fingerprint density at radius 2 is 1.73 bits per heavy atom. The van der Waals surface area contributed by atoms with Crippen molar-refractivity contribution in [1.82, 2.24) is 5.32 Å². The van der Waals surface area contributed by atoms with Crippen LogP contribution in [-0.4, -0.2) is 44.7 Å². The van der Waals surface area contributed by atoms with Gasteiger partial charge in [0.25, 0.3) is 5.91 Å². The van der Waals surface area contributed by atoms with E-state index in [0.29, 0.717) is 23.8 Å². The molecule has 160 valence electrons. The van der Waals surface area contributed by atoms with Crippen LogP contribution in [0.3, 0.4) is 0 Å². The molecule has 2 aromatic rings. The van der Waals surface area contributed by atoms with Gasteiger partial charge in [0, 0.05) is 5.69 Å². The number of ether oxygens (including phenoxy) is 3. The van der Waals surface area contributed by atoms with Crippen molar-refractivity contribution in [2.45, 2.75) is 20.3 Å². The van der Waals surface area contributed by atoms with Gasteiger partial charge < -0.3 is 24.8 Å². The second kappa shape index (κ2) is 11.5. The number of methoxy groups -OCH3 is 1. The minimum absolute atomic E-state index is 0.223. The van der Waals surface area contributed by atoms with E-state index < -0.39 is 18.5 Å². The van der Waals surface area contributed by atoms with Crippen LogP contribution in [0.5, 0.6) is 11.5 Å². The van der Waals surface area contributed by atoms with Crippen molar-refractivity contribution in [3.8, 4) is 11.5 Å². The molecule has 2 rings (SSSR count). The molecule has 0 aliphatic carbocycles. The van der Waals surface area contributed by atoms with Crippen LogP contribution in [0.1, 0.15) is 29.8 Å². The number of amides is 2. The summed E-state index contributed by atoms with van der Waals surface area (Å²) in [7, 11) is 1.50. The monoisotopic (exact) mass is 414 g/mol. The second-order valence-corrected chi connectivity index (χ2v) is 6.21. The van der Waals surface area contributed by atoms with Crippen molar-refractivity contribution in [2.24, 2.45) is 0 Å². The summed E-state index contributed by atoms with van der Waals surface area (Å²) in [4.78, 5) is 36.1. The summed E-state index contributed by atoms with van der Waals surface area (Å²) in [6.07, 6.45) is 0.773. The Hall–Kier alpha value is -3.55. The number of para-hydroxylation sites is 1. The minimum Gasteiger partial charge on any atom is -0.493 e. The highest BCUT2D eigenvalue weighted by molar-refractivity contribution is 5.96. The SMILES string of the molecule is CCOc1cc(C(=O)OCC(=O)NCC(=O)Nc2ccccc2CC)ccc1OC. The topological polar surface area (TPSA) is 103 Å². The van der Waals surface area contributed by atoms with Gasteiger partial charge in [-0.1, -0.05) is 25.1 Å². The van der Waals surface area contributed by atoms with E-state index in [2.05, 4.69) is 10.6 Å². The maximum Gasteiger partial charge on any atom is 0.338 e. The Labute approximate surface area is 175 Å². The number of carbonyl (C=O) groups excluding carboxylic acids is 3. The average molecular weight is 414 g/mol. The summed E-state index contributed by atoms with van der Waals surface area (Å²) in [5.74, 6) is -0.743. The summed E-state index contributed by atoms with van der Waals surface area (Å²) in [5.41, 5.74) is 1.92. The first-order chi connectivity index (χ1) is 14.5. The van der Waals surface area contributed by atoms with E-state index in [9.17, 15) is 14.4 Å². The molecule has 30 heavy (non-hydrogen) atoms. The molecular formula is C22H26N2O6. The van der Waals surface area contributed by atoms with E-state index in [0.717, 1.165) is 12.0 Å². The van der Waals surface area contributed by atoms with E-state index in [1.807, 2.05) is 32.0 Å². The van der Waals surface area contributed by atoms with Crippen LogP contribution in [0.2, 0.25) is 0 Å². The van der Waals surface area contributed by atoms with Crippen molar-refractivity contribution >= 4 is 23.5 Å². The molecule has 0 heterocycles. The fraction of sp³-hybridized carbons (Fsp3) is 0.318. The van der Waals surface area contributed by atoms with E-state index >= 15 is 0 Å². The number of esters is 1. The summed E-state index contributed by atoms with van der Waals surface area (Å²) >= 11 is 0. The molecular weight excluding hydrogens is 388 g/mol. The fourth-order valence-corrected chi connectivity index (χ4v) is 2.66. The highest BCUT2D eigenvalue weighted by Gasteiger charge is 2.14. The van der Waals surface area contributed by atoms with Crippen molar-refractivity contribution in [3.05, 3.63) is 53.6 Å². The highest BCUT2D eigenvalue weighted by Crippen LogP contribution is 2.28. The lowest BCUT2D eigenvalue weighted by molar-refractivity contribution is -0.126. The zero-order valence-electron chi connectivity index (χ0n) is 17.3. The molecule has 0 saturated heterocycles. The Morgan fingerprint density at radius 1 is 0.967 bits per heavy atom. The summed E-state index contributed by atoms with van der Waals surface area (Å²) in [6.45, 7) is 3.47. The maximum absolute atomic E-state index is 12.2. The molecule has 0 fully saturated rings. The van der Waals surface area contributed by atoms with Crippen LogP contribution in [-0.2, 0) is 20.7 Å². The minimum atomic E-state index is -0.685. The Balaban J connectivity index is 1.82. The average Bonchev–Trinajstić information content (AvgIpc) is 2.76. The third-order valence-electron chi connectivity index (χ3n) is 4.15. The van der Waals surface area contributed by atoms with Crippen LogP contribution in [0, 0.1) is 0 Å². The number of carbonyl (C=O) groups is 3. The lowest BCUT2D eigenvalue weighted by atomic mass is 10.1. The maximum atomic E-state index is 12.2. The zero-order valence-corrected chi connectivity index (χ0v) is 17.3. The number of anilines is 1.